The molecule has 2 fully saturated rings. The molecule has 2 N–H and O–H groups in total. The Morgan fingerprint density at radius 2 is 1.95 bits per heavy atom. The molecular weight excluding hydrogens is 240 g/mol. The van der Waals surface area contributed by atoms with Crippen LogP contribution in [0.25, 0.3) is 0 Å². The van der Waals surface area contributed by atoms with Crippen molar-refractivity contribution in [2.75, 3.05) is 19.6 Å². The molecule has 0 aromatic carbocycles. The number of carbonyl (C=O) groups is 1. The number of aliphatic hydroxyl groups is 1. The lowest BCUT2D eigenvalue weighted by atomic mass is 9.71. The smallest absolute Gasteiger partial charge is 0.239 e. The normalized spacial score (nSPS) is 29.8. The second kappa shape index (κ2) is 5.41. The third-order valence-corrected chi connectivity index (χ3v) is 4.77. The monoisotopic (exact) mass is 268 g/mol. The number of rotatable bonds is 4. The Morgan fingerprint density at radius 1 is 1.32 bits per heavy atom. The molecule has 110 valence electrons. The maximum Gasteiger partial charge on any atom is 0.239 e. The zero-order valence-corrected chi connectivity index (χ0v) is 12.5. The van der Waals surface area contributed by atoms with Gasteiger partial charge in [0.25, 0.3) is 0 Å². The molecule has 1 aliphatic heterocycles. The summed E-state index contributed by atoms with van der Waals surface area (Å²) in [7, 11) is 0. The van der Waals surface area contributed by atoms with Gasteiger partial charge in [0, 0.05) is 13.1 Å². The van der Waals surface area contributed by atoms with Crippen molar-refractivity contribution < 1.29 is 9.90 Å². The molecule has 2 aliphatic rings. The molecule has 4 heteroatoms. The van der Waals surface area contributed by atoms with E-state index in [4.69, 9.17) is 0 Å². The SMILES string of the molecule is CCNC1CCN(CC2(O)CCC(C)(C)CC2)C1=O. The summed E-state index contributed by atoms with van der Waals surface area (Å²) in [6.07, 6.45) is 4.59. The van der Waals surface area contributed by atoms with Gasteiger partial charge in [0.15, 0.2) is 0 Å². The van der Waals surface area contributed by atoms with Gasteiger partial charge < -0.3 is 15.3 Å². The number of likely N-dealkylation sites (tertiary alicyclic amines) is 1. The number of nitrogens with one attached hydrogen (secondary N) is 1. The summed E-state index contributed by atoms with van der Waals surface area (Å²) in [6, 6.07) is -0.0337. The lowest BCUT2D eigenvalue weighted by molar-refractivity contribution is -0.134. The third kappa shape index (κ3) is 3.48. The summed E-state index contributed by atoms with van der Waals surface area (Å²) in [5.74, 6) is 0.167. The fraction of sp³-hybridized carbons (Fsp3) is 0.933. The minimum Gasteiger partial charge on any atom is -0.388 e. The van der Waals surface area contributed by atoms with Gasteiger partial charge in [0.2, 0.25) is 5.91 Å². The van der Waals surface area contributed by atoms with Gasteiger partial charge in [-0.15, -0.1) is 0 Å². The van der Waals surface area contributed by atoms with E-state index in [-0.39, 0.29) is 11.9 Å². The highest BCUT2D eigenvalue weighted by Gasteiger charge is 2.41. The van der Waals surface area contributed by atoms with Crippen molar-refractivity contribution in [1.29, 1.82) is 0 Å². The second-order valence-corrected chi connectivity index (χ2v) is 7.05. The van der Waals surface area contributed by atoms with Crippen molar-refractivity contribution in [3.63, 3.8) is 0 Å². The zero-order chi connectivity index (χ0) is 14.1. The third-order valence-electron chi connectivity index (χ3n) is 4.77. The molecule has 0 spiro atoms. The molecule has 2 rings (SSSR count). The van der Waals surface area contributed by atoms with Crippen molar-refractivity contribution >= 4 is 5.91 Å². The van der Waals surface area contributed by atoms with Crippen molar-refractivity contribution in [2.24, 2.45) is 5.41 Å². The summed E-state index contributed by atoms with van der Waals surface area (Å²) in [5, 5.41) is 13.9. The molecule has 1 atom stereocenters. The fourth-order valence-corrected chi connectivity index (χ4v) is 3.24. The highest BCUT2D eigenvalue weighted by atomic mass is 16.3. The Hall–Kier alpha value is -0.610. The highest BCUT2D eigenvalue weighted by Crippen LogP contribution is 2.40. The second-order valence-electron chi connectivity index (χ2n) is 7.05. The van der Waals surface area contributed by atoms with Crippen LogP contribution >= 0.6 is 0 Å². The largest absolute Gasteiger partial charge is 0.388 e. The molecule has 19 heavy (non-hydrogen) atoms. The molecule has 1 aliphatic carbocycles. The topological polar surface area (TPSA) is 52.6 Å². The Morgan fingerprint density at radius 3 is 2.53 bits per heavy atom. The van der Waals surface area contributed by atoms with Gasteiger partial charge in [0.1, 0.15) is 0 Å². The van der Waals surface area contributed by atoms with Gasteiger partial charge in [-0.05, 0) is 44.1 Å². The average Bonchev–Trinajstić information content (AvgIpc) is 2.67. The summed E-state index contributed by atoms with van der Waals surface area (Å²) < 4.78 is 0. The first kappa shape index (κ1) is 14.8. The number of carbonyl (C=O) groups excluding carboxylic acids is 1. The molecule has 1 unspecified atom stereocenters. The Kier molecular flexibility index (Phi) is 4.21. The summed E-state index contributed by atoms with van der Waals surface area (Å²) in [6.45, 7) is 8.66. The standard InChI is InChI=1S/C15H28N2O2/c1-4-16-12-5-10-17(13(12)18)11-15(19)8-6-14(2,3)7-9-15/h12,16,19H,4-11H2,1-3H3. The van der Waals surface area contributed by atoms with E-state index in [1.54, 1.807) is 0 Å². The van der Waals surface area contributed by atoms with E-state index in [1.807, 2.05) is 11.8 Å². The minimum absolute atomic E-state index is 0.0337. The summed E-state index contributed by atoms with van der Waals surface area (Å²) in [4.78, 5) is 14.0. The fourth-order valence-electron chi connectivity index (χ4n) is 3.24. The lowest BCUT2D eigenvalue weighted by Gasteiger charge is -2.42. The van der Waals surface area contributed by atoms with E-state index >= 15 is 0 Å². The van der Waals surface area contributed by atoms with E-state index < -0.39 is 5.60 Å². The van der Waals surface area contributed by atoms with E-state index in [1.165, 1.54) is 0 Å². The molecule has 0 radical (unpaired) electrons. The molecule has 1 amide bonds. The number of likely N-dealkylation sites (N-methyl/N-ethyl adjacent to an activating group) is 1. The highest BCUT2D eigenvalue weighted by molar-refractivity contribution is 5.84. The molecule has 1 heterocycles. The van der Waals surface area contributed by atoms with Gasteiger partial charge in [0.05, 0.1) is 11.6 Å². The van der Waals surface area contributed by atoms with E-state index in [9.17, 15) is 9.90 Å². The van der Waals surface area contributed by atoms with Crippen LogP contribution in [-0.2, 0) is 4.79 Å². The predicted molar refractivity (Wildman–Crippen MR) is 75.9 cm³/mol. The van der Waals surface area contributed by atoms with E-state index in [0.717, 1.165) is 45.2 Å². The molecule has 4 nitrogen and oxygen atoms in total. The van der Waals surface area contributed by atoms with Crippen LogP contribution in [0.15, 0.2) is 0 Å². The quantitative estimate of drug-likeness (QED) is 0.813. The molecule has 0 aromatic heterocycles. The maximum atomic E-state index is 12.2. The average molecular weight is 268 g/mol. The van der Waals surface area contributed by atoms with E-state index in [2.05, 4.69) is 19.2 Å². The molecule has 0 aromatic rings. The van der Waals surface area contributed by atoms with Crippen molar-refractivity contribution in [1.82, 2.24) is 10.2 Å². The molecule has 1 saturated heterocycles. The van der Waals surface area contributed by atoms with Gasteiger partial charge in [-0.25, -0.2) is 0 Å². The minimum atomic E-state index is -0.660. The number of amides is 1. The summed E-state index contributed by atoms with van der Waals surface area (Å²) >= 11 is 0. The number of hydrogen-bond donors (Lipinski definition) is 2. The van der Waals surface area contributed by atoms with Crippen LogP contribution < -0.4 is 5.32 Å². The number of hydrogen-bond acceptors (Lipinski definition) is 3. The molecule has 1 saturated carbocycles. The van der Waals surface area contributed by atoms with Crippen molar-refractivity contribution in [3.8, 4) is 0 Å². The Labute approximate surface area is 116 Å². The lowest BCUT2D eigenvalue weighted by Crippen LogP contribution is -2.48. The van der Waals surface area contributed by atoms with Crippen LogP contribution in [-0.4, -0.2) is 47.2 Å². The van der Waals surface area contributed by atoms with Gasteiger partial charge in [-0.2, -0.15) is 0 Å². The van der Waals surface area contributed by atoms with Gasteiger partial charge in [-0.3, -0.25) is 4.79 Å². The molecule has 0 bridgehead atoms. The van der Waals surface area contributed by atoms with Crippen LogP contribution in [0.4, 0.5) is 0 Å². The van der Waals surface area contributed by atoms with E-state index in [0.29, 0.717) is 12.0 Å². The number of β-amino-alcohol motifs (C(OH)–C–C–N with tert-alkyl or cyclic N) is 1. The van der Waals surface area contributed by atoms with Crippen LogP contribution in [0.3, 0.4) is 0 Å². The van der Waals surface area contributed by atoms with Crippen molar-refractivity contribution in [2.45, 2.75) is 64.5 Å². The van der Waals surface area contributed by atoms with Crippen LogP contribution in [0.2, 0.25) is 0 Å². The zero-order valence-electron chi connectivity index (χ0n) is 12.5. The first-order valence-electron chi connectivity index (χ1n) is 7.60. The van der Waals surface area contributed by atoms with Crippen LogP contribution in [0.5, 0.6) is 0 Å². The van der Waals surface area contributed by atoms with Gasteiger partial charge in [-0.1, -0.05) is 20.8 Å². The Balaban J connectivity index is 1.90. The first-order chi connectivity index (χ1) is 8.85. The van der Waals surface area contributed by atoms with Crippen LogP contribution in [0.1, 0.15) is 52.9 Å². The Bertz CT molecular complexity index is 331. The molecular formula is C15H28N2O2. The summed E-state index contributed by atoms with van der Waals surface area (Å²) in [5.41, 5.74) is -0.320. The number of nitrogens with zero attached hydrogens (tertiary/aromatic N) is 1. The van der Waals surface area contributed by atoms with Crippen LogP contribution in [0, 0.1) is 5.41 Å². The predicted octanol–water partition coefficient (Wildman–Crippen LogP) is 1.53. The maximum absolute atomic E-state index is 12.2. The first-order valence-corrected chi connectivity index (χ1v) is 7.60. The van der Waals surface area contributed by atoms with Crippen molar-refractivity contribution in [3.05, 3.63) is 0 Å². The van der Waals surface area contributed by atoms with Gasteiger partial charge >= 0.3 is 0 Å².